The Morgan fingerprint density at radius 3 is 2.47 bits per heavy atom. The molecule has 0 atom stereocenters. The van der Waals surface area contributed by atoms with Crippen molar-refractivity contribution in [2.45, 2.75) is 11.0 Å². The number of nitrogens with one attached hydrogen (secondary N) is 1. The highest BCUT2D eigenvalue weighted by molar-refractivity contribution is 7.98. The van der Waals surface area contributed by atoms with E-state index in [0.29, 0.717) is 33.4 Å². The van der Waals surface area contributed by atoms with Gasteiger partial charge in [0.25, 0.3) is 17.0 Å². The molecule has 4 rings (SSSR count). The lowest BCUT2D eigenvalue weighted by molar-refractivity contribution is -0.123. The number of thioether (sulfide) groups is 1. The highest BCUT2D eigenvalue weighted by atomic mass is 32.2. The summed E-state index contributed by atoms with van der Waals surface area (Å²) in [5.41, 5.74) is 2.75. The molecule has 4 aromatic rings. The van der Waals surface area contributed by atoms with Crippen molar-refractivity contribution in [3.05, 3.63) is 89.5 Å². The lowest BCUT2D eigenvalue weighted by Crippen LogP contribution is -2.34. The van der Waals surface area contributed by atoms with E-state index in [2.05, 4.69) is 10.3 Å². The van der Waals surface area contributed by atoms with E-state index in [1.54, 1.807) is 36.4 Å². The first-order valence-corrected chi connectivity index (χ1v) is 11.2. The molecule has 3 aromatic carbocycles. The number of nitrogens with zero attached hydrogens (tertiary/aromatic N) is 1. The van der Waals surface area contributed by atoms with E-state index >= 15 is 0 Å². The number of rotatable bonds is 8. The van der Waals surface area contributed by atoms with Crippen LogP contribution in [-0.4, -0.2) is 36.5 Å². The number of para-hydroxylation sites is 2. The number of ether oxygens (including phenoxy) is 2. The van der Waals surface area contributed by atoms with Crippen molar-refractivity contribution < 1.29 is 28.3 Å². The molecule has 172 valence electrons. The Hall–Kier alpha value is -4.11. The molecule has 0 radical (unpaired) electrons. The van der Waals surface area contributed by atoms with Crippen LogP contribution in [0.25, 0.3) is 11.1 Å². The zero-order valence-corrected chi connectivity index (χ0v) is 19.0. The van der Waals surface area contributed by atoms with Crippen LogP contribution < -0.4 is 10.1 Å². The van der Waals surface area contributed by atoms with Crippen molar-refractivity contribution >= 4 is 40.6 Å². The van der Waals surface area contributed by atoms with Crippen LogP contribution in [0, 0.1) is 0 Å². The van der Waals surface area contributed by atoms with Gasteiger partial charge in [-0.15, -0.1) is 0 Å². The number of carbonyl (C=O) groups excluding carboxylic acids is 3. The Labute approximate surface area is 199 Å². The molecule has 1 N–H and O–H groups in total. The highest BCUT2D eigenvalue weighted by Crippen LogP contribution is 2.27. The second-order valence-corrected chi connectivity index (χ2v) is 8.00. The number of amides is 2. The Bertz CT molecular complexity index is 1300. The summed E-state index contributed by atoms with van der Waals surface area (Å²) in [5.74, 6) is -0.989. The van der Waals surface area contributed by atoms with Gasteiger partial charge in [-0.1, -0.05) is 42.1 Å². The van der Waals surface area contributed by atoms with Crippen LogP contribution >= 0.6 is 11.8 Å². The van der Waals surface area contributed by atoms with Crippen molar-refractivity contribution in [2.75, 3.05) is 13.7 Å². The summed E-state index contributed by atoms with van der Waals surface area (Å²) in [7, 11) is 1.51. The van der Waals surface area contributed by atoms with Crippen LogP contribution in [0.3, 0.4) is 0 Å². The van der Waals surface area contributed by atoms with Crippen LogP contribution in [0.5, 0.6) is 5.75 Å². The van der Waals surface area contributed by atoms with Crippen molar-refractivity contribution in [1.82, 2.24) is 10.3 Å². The van der Waals surface area contributed by atoms with E-state index < -0.39 is 24.4 Å². The van der Waals surface area contributed by atoms with Gasteiger partial charge < -0.3 is 13.9 Å². The molecule has 0 aliphatic heterocycles. The summed E-state index contributed by atoms with van der Waals surface area (Å²) in [5, 5.41) is 2.68. The average molecular weight is 477 g/mol. The van der Waals surface area contributed by atoms with Crippen LogP contribution in [0.4, 0.5) is 0 Å². The predicted octanol–water partition coefficient (Wildman–Crippen LogP) is 4.24. The summed E-state index contributed by atoms with van der Waals surface area (Å²) in [6, 6.07) is 20.6. The number of esters is 1. The second kappa shape index (κ2) is 10.7. The van der Waals surface area contributed by atoms with E-state index in [9.17, 15) is 14.4 Å². The lowest BCUT2D eigenvalue weighted by atomic mass is 10.1. The Morgan fingerprint density at radius 2 is 1.71 bits per heavy atom. The molecule has 0 aliphatic carbocycles. The maximum Gasteiger partial charge on any atom is 0.338 e. The first-order valence-electron chi connectivity index (χ1n) is 10.2. The lowest BCUT2D eigenvalue weighted by Gasteiger charge is -2.09. The molecule has 0 saturated heterocycles. The van der Waals surface area contributed by atoms with E-state index in [-0.39, 0.29) is 5.56 Å². The normalized spacial score (nSPS) is 10.6. The van der Waals surface area contributed by atoms with Gasteiger partial charge >= 0.3 is 5.97 Å². The van der Waals surface area contributed by atoms with Gasteiger partial charge in [0.2, 0.25) is 0 Å². The molecule has 0 saturated carbocycles. The van der Waals surface area contributed by atoms with Gasteiger partial charge in [0.05, 0.1) is 12.7 Å². The van der Waals surface area contributed by atoms with Crippen LogP contribution in [0.15, 0.2) is 82.4 Å². The minimum atomic E-state index is -0.729. The minimum absolute atomic E-state index is 0.280. The fourth-order valence-corrected chi connectivity index (χ4v) is 3.93. The minimum Gasteiger partial charge on any atom is -0.497 e. The summed E-state index contributed by atoms with van der Waals surface area (Å²) in [6.07, 6.45) is 0. The van der Waals surface area contributed by atoms with Gasteiger partial charge in [0, 0.05) is 11.3 Å². The molecule has 1 aromatic heterocycles. The summed E-state index contributed by atoms with van der Waals surface area (Å²) in [6.45, 7) is -0.590. The highest BCUT2D eigenvalue weighted by Gasteiger charge is 2.17. The fraction of sp³-hybridized carbons (Fsp3) is 0.120. The molecule has 1 heterocycles. The number of hydrogen-bond acceptors (Lipinski definition) is 8. The summed E-state index contributed by atoms with van der Waals surface area (Å²) >= 11 is 1.35. The summed E-state index contributed by atoms with van der Waals surface area (Å²) < 4.78 is 15.9. The maximum absolute atomic E-state index is 12.6. The van der Waals surface area contributed by atoms with E-state index in [4.69, 9.17) is 13.9 Å². The van der Waals surface area contributed by atoms with E-state index in [0.717, 1.165) is 5.52 Å². The van der Waals surface area contributed by atoms with Gasteiger partial charge in [0.15, 0.2) is 12.2 Å². The van der Waals surface area contributed by atoms with E-state index in [1.165, 1.54) is 31.0 Å². The Morgan fingerprint density at radius 1 is 0.971 bits per heavy atom. The van der Waals surface area contributed by atoms with Gasteiger partial charge in [-0.3, -0.25) is 14.9 Å². The first-order chi connectivity index (χ1) is 16.5. The Kier molecular flexibility index (Phi) is 7.24. The number of oxazole rings is 1. The second-order valence-electron chi connectivity index (χ2n) is 7.08. The van der Waals surface area contributed by atoms with Crippen molar-refractivity contribution in [1.29, 1.82) is 0 Å². The zero-order chi connectivity index (χ0) is 23.9. The van der Waals surface area contributed by atoms with Gasteiger partial charge in [0.1, 0.15) is 11.3 Å². The number of benzene rings is 3. The number of imide groups is 1. The third-order valence-corrected chi connectivity index (χ3v) is 5.68. The fourth-order valence-electron chi connectivity index (χ4n) is 3.08. The predicted molar refractivity (Wildman–Crippen MR) is 126 cm³/mol. The van der Waals surface area contributed by atoms with Crippen molar-refractivity contribution in [2.24, 2.45) is 0 Å². The number of carbonyl (C=O) groups is 3. The number of methoxy groups -OCH3 is 1. The Balaban J connectivity index is 1.32. The van der Waals surface area contributed by atoms with Crippen LogP contribution in [0.1, 0.15) is 26.3 Å². The molecule has 0 aliphatic rings. The maximum atomic E-state index is 12.6. The SMILES string of the molecule is COc1ccc(C(=O)NC(=O)COC(=O)c2ccccc2CSc2nc3ccccc3o2)cc1. The monoisotopic (exact) mass is 476 g/mol. The quantitative estimate of drug-likeness (QED) is 0.297. The molecule has 0 bridgehead atoms. The first kappa shape index (κ1) is 23.1. The van der Waals surface area contributed by atoms with Gasteiger partial charge in [-0.25, -0.2) is 9.78 Å². The third kappa shape index (κ3) is 5.62. The van der Waals surface area contributed by atoms with Crippen molar-refractivity contribution in [3.63, 3.8) is 0 Å². The van der Waals surface area contributed by atoms with Gasteiger partial charge in [-0.2, -0.15) is 0 Å². The third-order valence-electron chi connectivity index (χ3n) is 4.80. The molecule has 34 heavy (non-hydrogen) atoms. The molecule has 8 nitrogen and oxygen atoms in total. The molecular formula is C25H20N2O6S. The van der Waals surface area contributed by atoms with Crippen molar-refractivity contribution in [3.8, 4) is 5.75 Å². The average Bonchev–Trinajstić information content (AvgIpc) is 3.29. The molecule has 2 amide bonds. The topological polar surface area (TPSA) is 108 Å². The molecule has 0 spiro atoms. The van der Waals surface area contributed by atoms with E-state index in [1.807, 2.05) is 24.3 Å². The van der Waals surface area contributed by atoms with Crippen LogP contribution in [-0.2, 0) is 15.3 Å². The number of fused-ring (bicyclic) bond motifs is 1. The largest absolute Gasteiger partial charge is 0.497 e. The zero-order valence-electron chi connectivity index (χ0n) is 18.1. The molecule has 0 unspecified atom stereocenters. The van der Waals surface area contributed by atoms with Gasteiger partial charge in [-0.05, 0) is 48.0 Å². The number of aromatic nitrogens is 1. The molecule has 9 heteroatoms. The number of hydrogen-bond donors (Lipinski definition) is 1. The molecular weight excluding hydrogens is 456 g/mol. The molecule has 0 fully saturated rings. The summed E-state index contributed by atoms with van der Waals surface area (Å²) in [4.78, 5) is 41.3. The standard InChI is InChI=1S/C25H20N2O6S/c1-31-18-12-10-16(11-13-18)23(29)27-22(28)14-32-24(30)19-7-3-2-6-17(19)15-34-25-26-20-8-4-5-9-21(20)33-25/h2-13H,14-15H2,1H3,(H,27,28,29). The van der Waals surface area contributed by atoms with Crippen LogP contribution in [0.2, 0.25) is 0 Å². The smallest absolute Gasteiger partial charge is 0.338 e.